The van der Waals surface area contributed by atoms with E-state index in [4.69, 9.17) is 9.47 Å². The van der Waals surface area contributed by atoms with Crippen LogP contribution in [0.5, 0.6) is 0 Å². The summed E-state index contributed by atoms with van der Waals surface area (Å²) in [6.45, 7) is 13.5. The van der Waals surface area contributed by atoms with E-state index >= 15 is 0 Å². The van der Waals surface area contributed by atoms with Crippen LogP contribution in [0.15, 0.2) is 0 Å². The van der Waals surface area contributed by atoms with Crippen molar-refractivity contribution in [1.82, 2.24) is 5.32 Å². The summed E-state index contributed by atoms with van der Waals surface area (Å²) >= 11 is 0. The lowest BCUT2D eigenvalue weighted by molar-refractivity contribution is 0.0948. The minimum atomic E-state index is 0.633. The fraction of sp³-hybridized carbons (Fsp3) is 1.00. The number of rotatable bonds is 12. The Morgan fingerprint density at radius 2 is 1.72 bits per heavy atom. The molecular weight excluding hydrogens is 226 g/mol. The maximum Gasteiger partial charge on any atom is 0.0587 e. The highest BCUT2D eigenvalue weighted by Gasteiger charge is 2.10. The Kier molecular flexibility index (Phi) is 11.9. The maximum atomic E-state index is 5.68. The van der Waals surface area contributed by atoms with Gasteiger partial charge in [-0.2, -0.15) is 0 Å². The van der Waals surface area contributed by atoms with Crippen molar-refractivity contribution in [3.05, 3.63) is 0 Å². The van der Waals surface area contributed by atoms with E-state index in [1.807, 2.05) is 0 Å². The minimum Gasteiger partial charge on any atom is -0.383 e. The van der Waals surface area contributed by atoms with Crippen LogP contribution in [0.1, 0.15) is 40.5 Å². The van der Waals surface area contributed by atoms with Crippen LogP contribution in [0.3, 0.4) is 0 Å². The van der Waals surface area contributed by atoms with Crippen molar-refractivity contribution >= 4 is 0 Å². The second-order valence-electron chi connectivity index (χ2n) is 5.95. The molecule has 3 heteroatoms. The van der Waals surface area contributed by atoms with Crippen molar-refractivity contribution in [2.24, 2.45) is 17.8 Å². The van der Waals surface area contributed by atoms with E-state index in [0.717, 1.165) is 45.2 Å². The molecule has 1 atom stereocenters. The van der Waals surface area contributed by atoms with Crippen molar-refractivity contribution in [2.75, 3.05) is 40.0 Å². The molecule has 3 nitrogen and oxygen atoms in total. The van der Waals surface area contributed by atoms with Gasteiger partial charge in [0, 0.05) is 26.9 Å². The van der Waals surface area contributed by atoms with Gasteiger partial charge >= 0.3 is 0 Å². The highest BCUT2D eigenvalue weighted by atomic mass is 16.5. The fourth-order valence-electron chi connectivity index (χ4n) is 2.02. The summed E-state index contributed by atoms with van der Waals surface area (Å²) in [5.41, 5.74) is 0. The largest absolute Gasteiger partial charge is 0.383 e. The summed E-state index contributed by atoms with van der Waals surface area (Å²) in [7, 11) is 1.74. The molecule has 0 fully saturated rings. The van der Waals surface area contributed by atoms with Gasteiger partial charge < -0.3 is 14.8 Å². The molecule has 1 unspecified atom stereocenters. The smallest absolute Gasteiger partial charge is 0.0587 e. The van der Waals surface area contributed by atoms with Crippen LogP contribution in [0.4, 0.5) is 0 Å². The molecule has 1 N–H and O–H groups in total. The van der Waals surface area contributed by atoms with Crippen LogP contribution in [-0.4, -0.2) is 40.0 Å². The third kappa shape index (κ3) is 12.3. The Labute approximate surface area is 114 Å². The van der Waals surface area contributed by atoms with Gasteiger partial charge in [-0.25, -0.2) is 0 Å². The molecule has 0 spiro atoms. The summed E-state index contributed by atoms with van der Waals surface area (Å²) in [4.78, 5) is 0. The van der Waals surface area contributed by atoms with E-state index < -0.39 is 0 Å². The SMILES string of the molecule is COCCNCC(CCOCC(C)C)CC(C)C. The van der Waals surface area contributed by atoms with Gasteiger partial charge in [-0.15, -0.1) is 0 Å². The van der Waals surface area contributed by atoms with Gasteiger partial charge in [0.05, 0.1) is 6.61 Å². The van der Waals surface area contributed by atoms with Gasteiger partial charge in [0.15, 0.2) is 0 Å². The number of nitrogens with one attached hydrogen (secondary N) is 1. The molecule has 0 aliphatic heterocycles. The first-order chi connectivity index (χ1) is 8.56. The lowest BCUT2D eigenvalue weighted by Gasteiger charge is -2.20. The topological polar surface area (TPSA) is 30.5 Å². The highest BCUT2D eigenvalue weighted by Crippen LogP contribution is 2.15. The van der Waals surface area contributed by atoms with Crippen molar-refractivity contribution in [2.45, 2.75) is 40.5 Å². The molecule has 0 bridgehead atoms. The lowest BCUT2D eigenvalue weighted by atomic mass is 9.94. The van der Waals surface area contributed by atoms with Crippen molar-refractivity contribution in [3.8, 4) is 0 Å². The molecule has 110 valence electrons. The molecule has 0 amide bonds. The first-order valence-electron chi connectivity index (χ1n) is 7.33. The van der Waals surface area contributed by atoms with Crippen LogP contribution in [-0.2, 0) is 9.47 Å². The number of methoxy groups -OCH3 is 1. The number of ether oxygens (including phenoxy) is 2. The molecule has 0 aromatic carbocycles. The summed E-state index contributed by atoms with van der Waals surface area (Å²) in [6, 6.07) is 0. The first kappa shape index (κ1) is 17.9. The molecule has 0 aromatic rings. The standard InChI is InChI=1S/C15H33NO2/c1-13(2)10-15(11-16-7-9-17-5)6-8-18-12-14(3)4/h13-16H,6-12H2,1-5H3. The molecule has 0 aliphatic rings. The second-order valence-corrected chi connectivity index (χ2v) is 5.95. The Morgan fingerprint density at radius 3 is 2.28 bits per heavy atom. The Bertz CT molecular complexity index is 172. The minimum absolute atomic E-state index is 0.633. The molecule has 0 saturated carbocycles. The van der Waals surface area contributed by atoms with Gasteiger partial charge in [-0.1, -0.05) is 27.7 Å². The molecule has 0 aliphatic carbocycles. The molecule has 0 heterocycles. The predicted molar refractivity (Wildman–Crippen MR) is 78.0 cm³/mol. The van der Waals surface area contributed by atoms with Crippen LogP contribution in [0, 0.1) is 17.8 Å². The van der Waals surface area contributed by atoms with Crippen molar-refractivity contribution < 1.29 is 9.47 Å². The van der Waals surface area contributed by atoms with Crippen LogP contribution in [0.25, 0.3) is 0 Å². The Hall–Kier alpha value is -0.120. The van der Waals surface area contributed by atoms with Crippen LogP contribution in [0.2, 0.25) is 0 Å². The van der Waals surface area contributed by atoms with Crippen molar-refractivity contribution in [3.63, 3.8) is 0 Å². The van der Waals surface area contributed by atoms with E-state index in [1.165, 1.54) is 6.42 Å². The normalized spacial score (nSPS) is 13.5. The molecule has 0 rings (SSSR count). The zero-order valence-corrected chi connectivity index (χ0v) is 13.0. The fourth-order valence-corrected chi connectivity index (χ4v) is 2.02. The molecule has 0 saturated heterocycles. The second kappa shape index (κ2) is 11.9. The van der Waals surface area contributed by atoms with Gasteiger partial charge in [0.2, 0.25) is 0 Å². The van der Waals surface area contributed by atoms with E-state index in [9.17, 15) is 0 Å². The molecule has 0 radical (unpaired) electrons. The number of hydrogen-bond acceptors (Lipinski definition) is 3. The average Bonchev–Trinajstić information content (AvgIpc) is 2.28. The number of hydrogen-bond donors (Lipinski definition) is 1. The van der Waals surface area contributed by atoms with Crippen molar-refractivity contribution in [1.29, 1.82) is 0 Å². The monoisotopic (exact) mass is 259 g/mol. The summed E-state index contributed by atoms with van der Waals surface area (Å²) in [5.74, 6) is 2.10. The van der Waals surface area contributed by atoms with E-state index in [2.05, 4.69) is 33.0 Å². The van der Waals surface area contributed by atoms with Gasteiger partial charge in [-0.05, 0) is 37.1 Å². The van der Waals surface area contributed by atoms with Gasteiger partial charge in [0.25, 0.3) is 0 Å². The molecule has 0 aromatic heterocycles. The Balaban J connectivity index is 3.70. The highest BCUT2D eigenvalue weighted by molar-refractivity contribution is 4.65. The van der Waals surface area contributed by atoms with E-state index in [0.29, 0.717) is 11.8 Å². The predicted octanol–water partition coefficient (Wildman–Crippen LogP) is 2.95. The maximum absolute atomic E-state index is 5.68. The zero-order chi connectivity index (χ0) is 13.8. The lowest BCUT2D eigenvalue weighted by Crippen LogP contribution is -2.27. The van der Waals surface area contributed by atoms with Gasteiger partial charge in [0.1, 0.15) is 0 Å². The third-order valence-electron chi connectivity index (χ3n) is 2.84. The third-order valence-corrected chi connectivity index (χ3v) is 2.84. The summed E-state index contributed by atoms with van der Waals surface area (Å²) < 4.78 is 10.7. The quantitative estimate of drug-likeness (QED) is 0.547. The van der Waals surface area contributed by atoms with Crippen LogP contribution >= 0.6 is 0 Å². The summed E-state index contributed by atoms with van der Waals surface area (Å²) in [5, 5.41) is 3.46. The molecule has 18 heavy (non-hydrogen) atoms. The Morgan fingerprint density at radius 1 is 1.00 bits per heavy atom. The van der Waals surface area contributed by atoms with Gasteiger partial charge in [-0.3, -0.25) is 0 Å². The zero-order valence-electron chi connectivity index (χ0n) is 13.0. The average molecular weight is 259 g/mol. The van der Waals surface area contributed by atoms with Crippen LogP contribution < -0.4 is 5.32 Å². The first-order valence-corrected chi connectivity index (χ1v) is 7.33. The van der Waals surface area contributed by atoms with E-state index in [-0.39, 0.29) is 0 Å². The molecular formula is C15H33NO2. The van der Waals surface area contributed by atoms with E-state index in [1.54, 1.807) is 7.11 Å². The summed E-state index contributed by atoms with van der Waals surface area (Å²) in [6.07, 6.45) is 2.43.